The summed E-state index contributed by atoms with van der Waals surface area (Å²) in [6.45, 7) is 4.61. The summed E-state index contributed by atoms with van der Waals surface area (Å²) in [7, 11) is 1.63. The molecule has 0 atom stereocenters. The van der Waals surface area contributed by atoms with Crippen molar-refractivity contribution >= 4 is 17.7 Å². The van der Waals surface area contributed by atoms with Gasteiger partial charge in [-0.15, -0.1) is 10.2 Å². The van der Waals surface area contributed by atoms with Crippen LogP contribution in [0.2, 0.25) is 0 Å². The predicted octanol–water partition coefficient (Wildman–Crippen LogP) is 2.28. The Balaban J connectivity index is 1.79. The zero-order valence-corrected chi connectivity index (χ0v) is 13.8. The van der Waals surface area contributed by atoms with Crippen molar-refractivity contribution in [3.05, 3.63) is 36.2 Å². The molecule has 0 bridgehead atoms. The number of methoxy groups -OCH3 is 1. The van der Waals surface area contributed by atoms with E-state index in [9.17, 15) is 4.79 Å². The van der Waals surface area contributed by atoms with Crippen molar-refractivity contribution in [2.24, 2.45) is 0 Å². The number of hydrogen-bond donors (Lipinski definition) is 1. The van der Waals surface area contributed by atoms with E-state index in [4.69, 9.17) is 4.74 Å². The summed E-state index contributed by atoms with van der Waals surface area (Å²) in [4.78, 5) is 11.9. The molecule has 1 N–H and O–H groups in total. The van der Waals surface area contributed by atoms with E-state index in [0.717, 1.165) is 16.5 Å². The summed E-state index contributed by atoms with van der Waals surface area (Å²) < 4.78 is 7.05. The van der Waals surface area contributed by atoms with E-state index in [1.54, 1.807) is 13.4 Å². The Morgan fingerprint density at radius 1 is 1.36 bits per heavy atom. The van der Waals surface area contributed by atoms with E-state index >= 15 is 0 Å². The van der Waals surface area contributed by atoms with Crippen molar-refractivity contribution < 1.29 is 9.53 Å². The van der Waals surface area contributed by atoms with Crippen LogP contribution in [0.15, 0.2) is 35.7 Å². The van der Waals surface area contributed by atoms with Gasteiger partial charge in [-0.25, -0.2) is 0 Å². The average molecular weight is 320 g/mol. The van der Waals surface area contributed by atoms with Crippen LogP contribution < -0.4 is 10.1 Å². The molecule has 0 unspecified atom stereocenters. The van der Waals surface area contributed by atoms with Crippen LogP contribution in [0, 0.1) is 0 Å². The highest BCUT2D eigenvalue weighted by Crippen LogP contribution is 2.18. The third-order valence-corrected chi connectivity index (χ3v) is 4.03. The molecule has 1 aromatic heterocycles. The van der Waals surface area contributed by atoms with Gasteiger partial charge in [0, 0.05) is 12.6 Å². The molecule has 0 aliphatic heterocycles. The molecule has 2 aromatic rings. The summed E-state index contributed by atoms with van der Waals surface area (Å²) in [5.41, 5.74) is 1.03. The largest absolute Gasteiger partial charge is 0.497 e. The van der Waals surface area contributed by atoms with Gasteiger partial charge in [0.1, 0.15) is 12.1 Å². The van der Waals surface area contributed by atoms with E-state index < -0.39 is 0 Å². The van der Waals surface area contributed by atoms with Gasteiger partial charge in [0.2, 0.25) is 5.91 Å². The molecule has 0 fully saturated rings. The van der Waals surface area contributed by atoms with Crippen LogP contribution in [0.4, 0.5) is 0 Å². The Morgan fingerprint density at radius 3 is 2.73 bits per heavy atom. The fourth-order valence-electron chi connectivity index (χ4n) is 1.81. The number of ether oxygens (including phenoxy) is 1. The normalized spacial score (nSPS) is 10.7. The lowest BCUT2D eigenvalue weighted by molar-refractivity contribution is -0.118. The lowest BCUT2D eigenvalue weighted by atomic mass is 10.2. The minimum Gasteiger partial charge on any atom is -0.497 e. The number of aromatic nitrogens is 3. The number of nitrogens with zero attached hydrogens (tertiary/aromatic N) is 3. The first-order chi connectivity index (χ1) is 10.6. The second-order valence-corrected chi connectivity index (χ2v) is 5.97. The summed E-state index contributed by atoms with van der Waals surface area (Å²) in [6, 6.07) is 7.89. The van der Waals surface area contributed by atoms with Crippen LogP contribution in [0.25, 0.3) is 0 Å². The number of benzene rings is 1. The summed E-state index contributed by atoms with van der Waals surface area (Å²) in [6.07, 6.45) is 1.68. The van der Waals surface area contributed by atoms with E-state index in [2.05, 4.69) is 29.4 Å². The van der Waals surface area contributed by atoms with Crippen molar-refractivity contribution in [3.8, 4) is 5.75 Å². The molecule has 22 heavy (non-hydrogen) atoms. The molecule has 0 spiro atoms. The molecule has 0 saturated carbocycles. The monoisotopic (exact) mass is 320 g/mol. The van der Waals surface area contributed by atoms with Gasteiger partial charge in [0.15, 0.2) is 5.16 Å². The van der Waals surface area contributed by atoms with Crippen molar-refractivity contribution in [3.63, 3.8) is 0 Å². The Hall–Kier alpha value is -2.02. The average Bonchev–Trinajstić information content (AvgIpc) is 3.00. The molecule has 1 heterocycles. The number of amides is 1. The first-order valence-electron chi connectivity index (χ1n) is 7.02. The molecule has 118 valence electrons. The summed E-state index contributed by atoms with van der Waals surface area (Å²) >= 11 is 1.39. The van der Waals surface area contributed by atoms with Crippen LogP contribution in [0.5, 0.6) is 5.75 Å². The first-order valence-corrected chi connectivity index (χ1v) is 8.00. The fourth-order valence-corrected chi connectivity index (χ4v) is 2.69. The third-order valence-electron chi connectivity index (χ3n) is 3.08. The van der Waals surface area contributed by atoms with Crippen LogP contribution >= 0.6 is 11.8 Å². The van der Waals surface area contributed by atoms with Gasteiger partial charge in [0.05, 0.1) is 12.9 Å². The standard InChI is InChI=1S/C15H20N4O2S/c1-11(2)19-10-17-18-15(19)22-9-14(20)16-8-12-4-6-13(21-3)7-5-12/h4-7,10-11H,8-9H2,1-3H3,(H,16,20). The molecule has 6 nitrogen and oxygen atoms in total. The van der Waals surface area contributed by atoms with Crippen molar-refractivity contribution in [1.82, 2.24) is 20.1 Å². The second kappa shape index (κ2) is 7.84. The molecule has 0 radical (unpaired) electrons. The van der Waals surface area contributed by atoms with Gasteiger partial charge in [-0.1, -0.05) is 23.9 Å². The van der Waals surface area contributed by atoms with Gasteiger partial charge in [0.25, 0.3) is 0 Å². The Morgan fingerprint density at radius 2 is 2.09 bits per heavy atom. The summed E-state index contributed by atoms with van der Waals surface area (Å²) in [5.74, 6) is 1.10. The molecule has 1 aromatic carbocycles. The van der Waals surface area contributed by atoms with Gasteiger partial charge in [-0.2, -0.15) is 0 Å². The molecule has 0 saturated heterocycles. The minimum atomic E-state index is -0.0286. The van der Waals surface area contributed by atoms with E-state index in [-0.39, 0.29) is 11.9 Å². The molecule has 0 aliphatic rings. The van der Waals surface area contributed by atoms with Gasteiger partial charge in [-0.3, -0.25) is 4.79 Å². The van der Waals surface area contributed by atoms with Gasteiger partial charge in [-0.05, 0) is 31.5 Å². The fraction of sp³-hybridized carbons (Fsp3) is 0.400. The van der Waals surface area contributed by atoms with Crippen molar-refractivity contribution in [1.29, 1.82) is 0 Å². The number of carbonyl (C=O) groups is 1. The highest BCUT2D eigenvalue weighted by molar-refractivity contribution is 7.99. The number of hydrogen-bond acceptors (Lipinski definition) is 5. The molecule has 0 aliphatic carbocycles. The van der Waals surface area contributed by atoms with E-state index in [1.807, 2.05) is 28.8 Å². The van der Waals surface area contributed by atoms with Crippen LogP contribution in [0.3, 0.4) is 0 Å². The Kier molecular flexibility index (Phi) is 5.83. The van der Waals surface area contributed by atoms with Crippen molar-refractivity contribution in [2.75, 3.05) is 12.9 Å². The van der Waals surface area contributed by atoms with E-state index in [1.165, 1.54) is 11.8 Å². The van der Waals surface area contributed by atoms with E-state index in [0.29, 0.717) is 12.3 Å². The summed E-state index contributed by atoms with van der Waals surface area (Å²) in [5, 5.41) is 11.6. The number of nitrogens with one attached hydrogen (secondary N) is 1. The zero-order valence-electron chi connectivity index (χ0n) is 12.9. The van der Waals surface area contributed by atoms with Crippen LogP contribution in [0.1, 0.15) is 25.5 Å². The molecule has 2 rings (SSSR count). The lowest BCUT2D eigenvalue weighted by Crippen LogP contribution is -2.24. The predicted molar refractivity (Wildman–Crippen MR) is 86.0 cm³/mol. The molecular weight excluding hydrogens is 300 g/mol. The molecule has 7 heteroatoms. The quantitative estimate of drug-likeness (QED) is 0.793. The van der Waals surface area contributed by atoms with Crippen LogP contribution in [-0.2, 0) is 11.3 Å². The van der Waals surface area contributed by atoms with Crippen LogP contribution in [-0.4, -0.2) is 33.5 Å². The number of thioether (sulfide) groups is 1. The minimum absolute atomic E-state index is 0.0286. The van der Waals surface area contributed by atoms with Crippen molar-refractivity contribution in [2.45, 2.75) is 31.6 Å². The number of carbonyl (C=O) groups excluding carboxylic acids is 1. The topological polar surface area (TPSA) is 69.0 Å². The highest BCUT2D eigenvalue weighted by Gasteiger charge is 2.10. The zero-order chi connectivity index (χ0) is 15.9. The lowest BCUT2D eigenvalue weighted by Gasteiger charge is -2.09. The maximum Gasteiger partial charge on any atom is 0.230 e. The smallest absolute Gasteiger partial charge is 0.230 e. The Labute approximate surface area is 134 Å². The maximum absolute atomic E-state index is 11.9. The molecule has 1 amide bonds. The highest BCUT2D eigenvalue weighted by atomic mass is 32.2. The van der Waals surface area contributed by atoms with Gasteiger partial charge >= 0.3 is 0 Å². The maximum atomic E-state index is 11.9. The second-order valence-electron chi connectivity index (χ2n) is 5.03. The SMILES string of the molecule is COc1ccc(CNC(=O)CSc2nncn2C(C)C)cc1. The molecular formula is C15H20N4O2S. The number of rotatable bonds is 7. The van der Waals surface area contributed by atoms with Gasteiger partial charge < -0.3 is 14.6 Å². The Bertz CT molecular complexity index is 610. The third kappa shape index (κ3) is 4.49. The first kappa shape index (κ1) is 16.4.